The Morgan fingerprint density at radius 1 is 1.16 bits per heavy atom. The molecule has 1 N–H and O–H groups in total. The van der Waals surface area contributed by atoms with Gasteiger partial charge in [0.05, 0.1) is 23.1 Å². The van der Waals surface area contributed by atoms with Crippen LogP contribution in [0.15, 0.2) is 47.4 Å². The van der Waals surface area contributed by atoms with E-state index < -0.39 is 21.7 Å². The third-order valence-electron chi connectivity index (χ3n) is 5.23. The van der Waals surface area contributed by atoms with Crippen molar-refractivity contribution >= 4 is 33.2 Å². The summed E-state index contributed by atoms with van der Waals surface area (Å²) in [7, 11) is -3.90. The molecule has 3 rings (SSSR count). The van der Waals surface area contributed by atoms with E-state index in [9.17, 15) is 17.6 Å². The van der Waals surface area contributed by atoms with E-state index in [1.54, 1.807) is 12.1 Å². The van der Waals surface area contributed by atoms with E-state index in [-0.39, 0.29) is 22.5 Å². The molecule has 0 radical (unpaired) electrons. The Labute approximate surface area is 187 Å². The van der Waals surface area contributed by atoms with Crippen molar-refractivity contribution in [3.05, 3.63) is 53.3 Å². The van der Waals surface area contributed by atoms with Crippen LogP contribution in [0.25, 0.3) is 0 Å². The first-order valence-electron chi connectivity index (χ1n) is 10.3. The number of amides is 1. The molecule has 1 aliphatic rings. The number of nitrogens with one attached hydrogen (secondary N) is 1. The minimum atomic E-state index is -3.90. The van der Waals surface area contributed by atoms with Crippen LogP contribution in [-0.2, 0) is 14.8 Å². The van der Waals surface area contributed by atoms with Crippen molar-refractivity contribution in [2.24, 2.45) is 0 Å². The fraction of sp³-hybridized carbons (Fsp3) is 0.409. The van der Waals surface area contributed by atoms with Crippen LogP contribution < -0.4 is 10.1 Å². The third-order valence-corrected chi connectivity index (χ3v) is 7.43. The molecule has 31 heavy (non-hydrogen) atoms. The van der Waals surface area contributed by atoms with E-state index in [1.807, 2.05) is 6.92 Å². The van der Waals surface area contributed by atoms with Gasteiger partial charge in [0.1, 0.15) is 11.6 Å². The zero-order valence-electron chi connectivity index (χ0n) is 17.3. The second kappa shape index (κ2) is 10.4. The lowest BCUT2D eigenvalue weighted by molar-refractivity contribution is -0.116. The fourth-order valence-corrected chi connectivity index (χ4v) is 5.53. The highest BCUT2D eigenvalue weighted by Crippen LogP contribution is 2.29. The van der Waals surface area contributed by atoms with Gasteiger partial charge < -0.3 is 10.1 Å². The van der Waals surface area contributed by atoms with Gasteiger partial charge in [-0.25, -0.2) is 12.8 Å². The molecule has 6 nitrogen and oxygen atoms in total. The molecule has 0 unspecified atom stereocenters. The first-order valence-corrected chi connectivity index (χ1v) is 12.1. The summed E-state index contributed by atoms with van der Waals surface area (Å²) in [5.41, 5.74) is 0.304. The molecular formula is C22H26ClFN2O4S. The highest BCUT2D eigenvalue weighted by Gasteiger charge is 2.34. The second-order valence-corrected chi connectivity index (χ2v) is 9.72. The molecule has 0 heterocycles. The summed E-state index contributed by atoms with van der Waals surface area (Å²) in [5, 5.41) is 2.49. The molecule has 0 bridgehead atoms. The number of benzene rings is 2. The van der Waals surface area contributed by atoms with E-state index in [0.717, 1.165) is 25.3 Å². The largest absolute Gasteiger partial charge is 0.494 e. The van der Waals surface area contributed by atoms with Crippen LogP contribution in [0.5, 0.6) is 5.75 Å². The van der Waals surface area contributed by atoms with Gasteiger partial charge in [-0.15, -0.1) is 0 Å². The zero-order valence-corrected chi connectivity index (χ0v) is 18.9. The molecule has 0 spiro atoms. The summed E-state index contributed by atoms with van der Waals surface area (Å²) in [6.07, 6.45) is 4.27. The normalized spacial score (nSPS) is 15.1. The topological polar surface area (TPSA) is 75.7 Å². The van der Waals surface area contributed by atoms with Gasteiger partial charge in [0, 0.05) is 11.7 Å². The van der Waals surface area contributed by atoms with E-state index in [2.05, 4.69) is 5.32 Å². The van der Waals surface area contributed by atoms with Crippen LogP contribution in [-0.4, -0.2) is 37.8 Å². The SMILES string of the molecule is CCOc1ccc(S(=O)(=O)N(CC(=O)Nc2ccc(F)c(Cl)c2)C2CCCCC2)cc1. The molecule has 2 aromatic rings. The summed E-state index contributed by atoms with van der Waals surface area (Å²) < 4.78 is 46.9. The molecule has 0 aliphatic heterocycles. The minimum Gasteiger partial charge on any atom is -0.494 e. The Morgan fingerprint density at radius 3 is 2.45 bits per heavy atom. The highest BCUT2D eigenvalue weighted by atomic mass is 35.5. The summed E-state index contributed by atoms with van der Waals surface area (Å²) >= 11 is 5.77. The molecular weight excluding hydrogens is 443 g/mol. The first kappa shape index (κ1) is 23.5. The van der Waals surface area contributed by atoms with E-state index in [0.29, 0.717) is 30.9 Å². The maximum atomic E-state index is 13.4. The summed E-state index contributed by atoms with van der Waals surface area (Å²) in [5.74, 6) is -0.527. The molecule has 0 aromatic heterocycles. The Bertz CT molecular complexity index is 1010. The highest BCUT2D eigenvalue weighted by molar-refractivity contribution is 7.89. The van der Waals surface area contributed by atoms with E-state index in [1.165, 1.54) is 28.6 Å². The lowest BCUT2D eigenvalue weighted by Gasteiger charge is -2.33. The number of anilines is 1. The maximum Gasteiger partial charge on any atom is 0.243 e. The van der Waals surface area contributed by atoms with Gasteiger partial charge in [-0.1, -0.05) is 30.9 Å². The Hall–Kier alpha value is -2.16. The number of hydrogen-bond donors (Lipinski definition) is 1. The van der Waals surface area contributed by atoms with Crippen LogP contribution in [0.4, 0.5) is 10.1 Å². The van der Waals surface area contributed by atoms with Crippen molar-refractivity contribution in [3.63, 3.8) is 0 Å². The number of halogens is 2. The predicted molar refractivity (Wildman–Crippen MR) is 118 cm³/mol. The Morgan fingerprint density at radius 2 is 1.84 bits per heavy atom. The lowest BCUT2D eigenvalue weighted by Crippen LogP contribution is -2.45. The van der Waals surface area contributed by atoms with Gasteiger partial charge in [0.15, 0.2) is 0 Å². The molecule has 0 atom stereocenters. The van der Waals surface area contributed by atoms with E-state index >= 15 is 0 Å². The molecule has 1 fully saturated rings. The number of sulfonamides is 1. The average Bonchev–Trinajstić information content (AvgIpc) is 2.76. The van der Waals surface area contributed by atoms with Crippen LogP contribution in [0, 0.1) is 5.82 Å². The minimum absolute atomic E-state index is 0.110. The Balaban J connectivity index is 1.83. The Kier molecular flexibility index (Phi) is 7.91. The third kappa shape index (κ3) is 5.96. The second-order valence-electron chi connectivity index (χ2n) is 7.42. The van der Waals surface area contributed by atoms with Gasteiger partial charge in [-0.2, -0.15) is 4.31 Å². The zero-order chi connectivity index (χ0) is 22.4. The van der Waals surface area contributed by atoms with Gasteiger partial charge in [0.25, 0.3) is 0 Å². The van der Waals surface area contributed by atoms with Crippen molar-refractivity contribution in [3.8, 4) is 5.75 Å². The van der Waals surface area contributed by atoms with Crippen LogP contribution in [0.3, 0.4) is 0 Å². The van der Waals surface area contributed by atoms with Crippen LogP contribution >= 0.6 is 11.6 Å². The first-order chi connectivity index (χ1) is 14.8. The lowest BCUT2D eigenvalue weighted by atomic mass is 9.95. The number of hydrogen-bond acceptors (Lipinski definition) is 4. The molecule has 2 aromatic carbocycles. The van der Waals surface area contributed by atoms with Crippen LogP contribution in [0.1, 0.15) is 39.0 Å². The number of carbonyl (C=O) groups excluding carboxylic acids is 1. The molecule has 1 amide bonds. The van der Waals surface area contributed by atoms with Gasteiger partial charge in [-0.3, -0.25) is 4.79 Å². The summed E-state index contributed by atoms with van der Waals surface area (Å²) in [6.45, 7) is 1.99. The van der Waals surface area contributed by atoms with Crippen molar-refractivity contribution in [2.75, 3.05) is 18.5 Å². The van der Waals surface area contributed by atoms with Crippen molar-refractivity contribution in [1.29, 1.82) is 0 Å². The van der Waals surface area contributed by atoms with Crippen molar-refractivity contribution < 1.29 is 22.3 Å². The van der Waals surface area contributed by atoms with Crippen molar-refractivity contribution in [2.45, 2.75) is 50.0 Å². The fourth-order valence-electron chi connectivity index (χ4n) is 3.71. The summed E-state index contributed by atoms with van der Waals surface area (Å²) in [4.78, 5) is 12.8. The standard InChI is InChI=1S/C22H26ClFN2O4S/c1-2-30-18-9-11-19(12-10-18)31(28,29)26(17-6-4-3-5-7-17)15-22(27)25-16-8-13-21(24)20(23)14-16/h8-14,17H,2-7,15H2,1H3,(H,25,27). The molecule has 1 saturated carbocycles. The monoisotopic (exact) mass is 468 g/mol. The number of carbonyl (C=O) groups is 1. The smallest absolute Gasteiger partial charge is 0.243 e. The van der Waals surface area contributed by atoms with Gasteiger partial charge in [-0.05, 0) is 62.2 Å². The van der Waals surface area contributed by atoms with Gasteiger partial charge >= 0.3 is 0 Å². The maximum absolute atomic E-state index is 13.4. The van der Waals surface area contributed by atoms with E-state index in [4.69, 9.17) is 16.3 Å². The van der Waals surface area contributed by atoms with Gasteiger partial charge in [0.2, 0.25) is 15.9 Å². The number of nitrogens with zero attached hydrogens (tertiary/aromatic N) is 1. The predicted octanol–water partition coefficient (Wildman–Crippen LogP) is 4.84. The average molecular weight is 469 g/mol. The molecule has 9 heteroatoms. The van der Waals surface area contributed by atoms with Crippen molar-refractivity contribution in [1.82, 2.24) is 4.31 Å². The quantitative estimate of drug-likeness (QED) is 0.601. The van der Waals surface area contributed by atoms with Crippen LogP contribution in [0.2, 0.25) is 5.02 Å². The molecule has 1 aliphatic carbocycles. The number of ether oxygens (including phenoxy) is 1. The molecule has 168 valence electrons. The summed E-state index contributed by atoms with van der Waals surface area (Å²) in [6, 6.07) is 9.76. The molecule has 0 saturated heterocycles. The number of rotatable bonds is 8.